The average molecular weight is 298 g/mol. The van der Waals surface area contributed by atoms with Gasteiger partial charge in [-0.25, -0.2) is 4.98 Å². The zero-order valence-corrected chi connectivity index (χ0v) is 10.6. The van der Waals surface area contributed by atoms with Crippen molar-refractivity contribution in [1.82, 2.24) is 4.98 Å². The average Bonchev–Trinajstić information content (AvgIpc) is 2.93. The van der Waals surface area contributed by atoms with Crippen LogP contribution in [0.2, 0.25) is 0 Å². The SMILES string of the molecule is O=C(O)C1CC1c1nc2ccc(Br)cc2s1. The molecule has 1 aliphatic carbocycles. The van der Waals surface area contributed by atoms with Gasteiger partial charge in [0.05, 0.1) is 21.1 Å². The Morgan fingerprint density at radius 2 is 2.38 bits per heavy atom. The molecule has 2 atom stereocenters. The molecular weight excluding hydrogens is 290 g/mol. The first kappa shape index (κ1) is 10.2. The van der Waals surface area contributed by atoms with Crippen LogP contribution in [0.25, 0.3) is 10.2 Å². The van der Waals surface area contributed by atoms with E-state index in [1.54, 1.807) is 11.3 Å². The molecule has 0 radical (unpaired) electrons. The van der Waals surface area contributed by atoms with Crippen LogP contribution in [0.4, 0.5) is 0 Å². The molecule has 16 heavy (non-hydrogen) atoms. The zero-order chi connectivity index (χ0) is 11.3. The fraction of sp³-hybridized carbons (Fsp3) is 0.273. The second-order valence-electron chi connectivity index (χ2n) is 3.95. The molecule has 1 aromatic heterocycles. The maximum atomic E-state index is 10.8. The monoisotopic (exact) mass is 297 g/mol. The fourth-order valence-corrected chi connectivity index (χ4v) is 3.51. The minimum Gasteiger partial charge on any atom is -0.481 e. The molecule has 82 valence electrons. The van der Waals surface area contributed by atoms with E-state index >= 15 is 0 Å². The van der Waals surface area contributed by atoms with Crippen molar-refractivity contribution in [1.29, 1.82) is 0 Å². The standard InChI is InChI=1S/C11H8BrNO2S/c12-5-1-2-8-9(3-5)16-10(13-8)6-4-7(6)11(14)15/h1-3,6-7H,4H2,(H,14,15). The number of hydrogen-bond acceptors (Lipinski definition) is 3. The van der Waals surface area contributed by atoms with Gasteiger partial charge in [-0.1, -0.05) is 15.9 Å². The molecule has 0 spiro atoms. The number of carboxylic acid groups (broad SMARTS) is 1. The summed E-state index contributed by atoms with van der Waals surface area (Å²) < 4.78 is 2.14. The van der Waals surface area contributed by atoms with Gasteiger partial charge in [0.2, 0.25) is 0 Å². The number of aromatic nitrogens is 1. The summed E-state index contributed by atoms with van der Waals surface area (Å²) in [5.74, 6) is -0.789. The maximum absolute atomic E-state index is 10.8. The van der Waals surface area contributed by atoms with Crippen molar-refractivity contribution in [3.05, 3.63) is 27.7 Å². The van der Waals surface area contributed by atoms with E-state index in [1.165, 1.54) is 0 Å². The molecule has 3 rings (SSSR count). The van der Waals surface area contributed by atoms with Crippen LogP contribution in [-0.2, 0) is 4.79 Å². The second kappa shape index (κ2) is 3.53. The van der Waals surface area contributed by atoms with E-state index in [1.807, 2.05) is 18.2 Å². The summed E-state index contributed by atoms with van der Waals surface area (Å²) >= 11 is 5.01. The summed E-state index contributed by atoms with van der Waals surface area (Å²) in [4.78, 5) is 15.3. The van der Waals surface area contributed by atoms with E-state index in [2.05, 4.69) is 20.9 Å². The number of rotatable bonds is 2. The van der Waals surface area contributed by atoms with E-state index in [-0.39, 0.29) is 11.8 Å². The number of benzene rings is 1. The van der Waals surface area contributed by atoms with Gasteiger partial charge in [-0.3, -0.25) is 4.79 Å². The van der Waals surface area contributed by atoms with E-state index < -0.39 is 5.97 Å². The molecule has 0 saturated heterocycles. The lowest BCUT2D eigenvalue weighted by Crippen LogP contribution is -1.98. The fourth-order valence-electron chi connectivity index (χ4n) is 1.82. The predicted octanol–water partition coefficient (Wildman–Crippen LogP) is 3.25. The molecule has 5 heteroatoms. The number of carbonyl (C=O) groups is 1. The summed E-state index contributed by atoms with van der Waals surface area (Å²) in [5, 5.41) is 9.83. The lowest BCUT2D eigenvalue weighted by molar-refractivity contribution is -0.138. The summed E-state index contributed by atoms with van der Waals surface area (Å²) in [6.45, 7) is 0. The van der Waals surface area contributed by atoms with Gasteiger partial charge < -0.3 is 5.11 Å². The molecule has 1 aromatic carbocycles. The molecular formula is C11H8BrNO2S. The lowest BCUT2D eigenvalue weighted by Gasteiger charge is -1.88. The van der Waals surface area contributed by atoms with Crippen molar-refractivity contribution in [2.75, 3.05) is 0 Å². The number of fused-ring (bicyclic) bond motifs is 1. The van der Waals surface area contributed by atoms with Crippen LogP contribution >= 0.6 is 27.3 Å². The minimum atomic E-state index is -0.703. The van der Waals surface area contributed by atoms with Gasteiger partial charge >= 0.3 is 5.97 Å². The van der Waals surface area contributed by atoms with Crippen molar-refractivity contribution < 1.29 is 9.90 Å². The highest BCUT2D eigenvalue weighted by Crippen LogP contribution is 2.49. The van der Waals surface area contributed by atoms with Gasteiger partial charge in [0.1, 0.15) is 0 Å². The van der Waals surface area contributed by atoms with Crippen LogP contribution in [0, 0.1) is 5.92 Å². The molecule has 0 amide bonds. The van der Waals surface area contributed by atoms with Gasteiger partial charge in [-0.05, 0) is 24.6 Å². The third-order valence-electron chi connectivity index (χ3n) is 2.79. The Morgan fingerprint density at radius 1 is 1.56 bits per heavy atom. The highest BCUT2D eigenvalue weighted by molar-refractivity contribution is 9.10. The zero-order valence-electron chi connectivity index (χ0n) is 8.18. The summed E-state index contributed by atoms with van der Waals surface area (Å²) in [5.41, 5.74) is 0.958. The molecule has 1 saturated carbocycles. The minimum absolute atomic E-state index is 0.133. The summed E-state index contributed by atoms with van der Waals surface area (Å²) in [7, 11) is 0. The first-order chi connectivity index (χ1) is 7.65. The molecule has 3 nitrogen and oxygen atoms in total. The van der Waals surface area contributed by atoms with Crippen LogP contribution in [0.3, 0.4) is 0 Å². The quantitative estimate of drug-likeness (QED) is 0.926. The third-order valence-corrected chi connectivity index (χ3v) is 4.44. The van der Waals surface area contributed by atoms with E-state index in [4.69, 9.17) is 5.11 Å². The molecule has 1 fully saturated rings. The van der Waals surface area contributed by atoms with Gasteiger partial charge in [0.15, 0.2) is 0 Å². The van der Waals surface area contributed by atoms with Crippen LogP contribution < -0.4 is 0 Å². The second-order valence-corrected chi connectivity index (χ2v) is 5.93. The predicted molar refractivity (Wildman–Crippen MR) is 65.8 cm³/mol. The Hall–Kier alpha value is -0.940. The molecule has 2 aromatic rings. The topological polar surface area (TPSA) is 50.2 Å². The van der Waals surface area contributed by atoms with Crippen molar-refractivity contribution in [3.63, 3.8) is 0 Å². The number of nitrogens with zero attached hydrogens (tertiary/aromatic N) is 1. The Bertz CT molecular complexity index is 580. The van der Waals surface area contributed by atoms with Crippen LogP contribution in [0.15, 0.2) is 22.7 Å². The maximum Gasteiger partial charge on any atom is 0.307 e. The molecule has 1 N–H and O–H groups in total. The van der Waals surface area contributed by atoms with Gasteiger partial charge in [0.25, 0.3) is 0 Å². The largest absolute Gasteiger partial charge is 0.481 e. The number of aliphatic carboxylic acids is 1. The van der Waals surface area contributed by atoms with E-state index in [0.717, 1.165) is 26.1 Å². The Morgan fingerprint density at radius 3 is 3.06 bits per heavy atom. The molecule has 0 aliphatic heterocycles. The van der Waals surface area contributed by atoms with Crippen molar-refractivity contribution in [3.8, 4) is 0 Å². The first-order valence-corrected chi connectivity index (χ1v) is 6.55. The summed E-state index contributed by atoms with van der Waals surface area (Å²) in [6, 6.07) is 5.93. The van der Waals surface area contributed by atoms with Crippen molar-refractivity contribution in [2.24, 2.45) is 5.92 Å². The molecule has 0 bridgehead atoms. The number of carboxylic acids is 1. The van der Waals surface area contributed by atoms with Crippen LogP contribution in [0.5, 0.6) is 0 Å². The van der Waals surface area contributed by atoms with E-state index in [9.17, 15) is 4.79 Å². The Labute approximate surface area is 104 Å². The Kier molecular flexibility index (Phi) is 2.26. The smallest absolute Gasteiger partial charge is 0.307 e. The number of hydrogen-bond donors (Lipinski definition) is 1. The lowest BCUT2D eigenvalue weighted by atomic mass is 10.3. The number of halogens is 1. The highest BCUT2D eigenvalue weighted by atomic mass is 79.9. The molecule has 1 aliphatic rings. The third kappa shape index (κ3) is 1.64. The van der Waals surface area contributed by atoms with Gasteiger partial charge in [-0.2, -0.15) is 0 Å². The molecule has 1 heterocycles. The van der Waals surface area contributed by atoms with Crippen molar-refractivity contribution >= 4 is 43.5 Å². The van der Waals surface area contributed by atoms with Gasteiger partial charge in [-0.15, -0.1) is 11.3 Å². The van der Waals surface area contributed by atoms with Crippen LogP contribution in [-0.4, -0.2) is 16.1 Å². The van der Waals surface area contributed by atoms with Gasteiger partial charge in [0, 0.05) is 10.4 Å². The van der Waals surface area contributed by atoms with E-state index in [0.29, 0.717) is 0 Å². The Balaban J connectivity index is 1.98. The summed E-state index contributed by atoms with van der Waals surface area (Å²) in [6.07, 6.45) is 0.732. The first-order valence-electron chi connectivity index (χ1n) is 4.94. The highest BCUT2D eigenvalue weighted by Gasteiger charge is 2.46. The van der Waals surface area contributed by atoms with Crippen molar-refractivity contribution in [2.45, 2.75) is 12.3 Å². The number of thiazole rings is 1. The van der Waals surface area contributed by atoms with Crippen LogP contribution in [0.1, 0.15) is 17.3 Å². The molecule has 2 unspecified atom stereocenters. The normalized spacial score (nSPS) is 23.6.